The van der Waals surface area contributed by atoms with Crippen molar-refractivity contribution in [1.82, 2.24) is 9.80 Å². The van der Waals surface area contributed by atoms with Gasteiger partial charge in [0.25, 0.3) is 0 Å². The molecule has 2 fully saturated rings. The zero-order valence-corrected chi connectivity index (χ0v) is 19.4. The molecule has 2 N–H and O–H groups in total. The summed E-state index contributed by atoms with van der Waals surface area (Å²) in [5, 5.41) is 15.8. The summed E-state index contributed by atoms with van der Waals surface area (Å²) in [7, 11) is 1.35. The maximum atomic E-state index is 12.0. The van der Waals surface area contributed by atoms with Gasteiger partial charge in [-0.1, -0.05) is 25.3 Å². The number of esters is 1. The molecule has 32 heavy (non-hydrogen) atoms. The van der Waals surface area contributed by atoms with Gasteiger partial charge in [-0.2, -0.15) is 0 Å². The highest BCUT2D eigenvalue weighted by molar-refractivity contribution is 7.09. The number of anilines is 1. The van der Waals surface area contributed by atoms with Crippen molar-refractivity contribution in [3.05, 3.63) is 46.2 Å². The summed E-state index contributed by atoms with van der Waals surface area (Å²) >= 11 is 1.68. The number of piperazine rings is 1. The molecule has 0 bridgehead atoms. The number of nitrogens with zero attached hydrogens (tertiary/aromatic N) is 3. The number of carbonyl (C=O) groups excluding carboxylic acids is 1. The van der Waals surface area contributed by atoms with Gasteiger partial charge in [0.1, 0.15) is 5.75 Å². The molecule has 2 aliphatic rings. The van der Waals surface area contributed by atoms with Crippen LogP contribution in [0.2, 0.25) is 0 Å². The van der Waals surface area contributed by atoms with Crippen molar-refractivity contribution >= 4 is 29.0 Å². The number of methoxy groups -OCH3 is 1. The summed E-state index contributed by atoms with van der Waals surface area (Å²) in [6, 6.07) is 9.48. The Morgan fingerprint density at radius 1 is 1.19 bits per heavy atom. The van der Waals surface area contributed by atoms with E-state index >= 15 is 0 Å². The lowest BCUT2D eigenvalue weighted by atomic mass is 9.94. The van der Waals surface area contributed by atoms with E-state index in [1.807, 2.05) is 11.4 Å². The van der Waals surface area contributed by atoms with Crippen LogP contribution >= 0.6 is 11.3 Å². The van der Waals surface area contributed by atoms with E-state index in [4.69, 9.17) is 9.73 Å². The maximum absolute atomic E-state index is 12.0. The number of hydrogen-bond donors (Lipinski definition) is 2. The highest BCUT2D eigenvalue weighted by atomic mass is 32.1. The van der Waals surface area contributed by atoms with Crippen molar-refractivity contribution in [1.29, 1.82) is 0 Å². The lowest BCUT2D eigenvalue weighted by Crippen LogP contribution is -2.53. The number of phenolic OH excluding ortho intramolecular Hbond substituents is 1. The molecule has 1 saturated carbocycles. The molecule has 0 radical (unpaired) electrons. The summed E-state index contributed by atoms with van der Waals surface area (Å²) in [6.07, 6.45) is 6.68. The third kappa shape index (κ3) is 5.61. The molecule has 1 aliphatic heterocycles. The Morgan fingerprint density at radius 2 is 1.97 bits per heavy atom. The number of rotatable bonds is 5. The number of ether oxygens (including phenoxy) is 1. The van der Waals surface area contributed by atoms with Gasteiger partial charge in [0.15, 0.2) is 5.96 Å². The smallest absolute Gasteiger partial charge is 0.337 e. The SMILES string of the molecule is COC(=O)c1ccc(O)c(NC(=NCc2cccs2)N2CCN(C3CCCCC3)CC2)c1. The van der Waals surface area contributed by atoms with E-state index < -0.39 is 5.97 Å². The van der Waals surface area contributed by atoms with Gasteiger partial charge in [-0.3, -0.25) is 4.90 Å². The summed E-state index contributed by atoms with van der Waals surface area (Å²) in [6.45, 7) is 4.35. The lowest BCUT2D eigenvalue weighted by Gasteiger charge is -2.41. The highest BCUT2D eigenvalue weighted by Crippen LogP contribution is 2.27. The van der Waals surface area contributed by atoms with Gasteiger partial charge in [-0.15, -0.1) is 11.3 Å². The summed E-state index contributed by atoms with van der Waals surface area (Å²) in [4.78, 5) is 22.9. The number of hydrogen-bond acceptors (Lipinski definition) is 6. The Morgan fingerprint density at radius 3 is 2.66 bits per heavy atom. The lowest BCUT2D eigenvalue weighted by molar-refractivity contribution is 0.0601. The standard InChI is InChI=1S/C24H32N4O3S/c1-31-23(30)18-9-10-22(29)21(16-18)26-24(25-17-20-8-5-15-32-20)28-13-11-27(12-14-28)19-6-3-2-4-7-19/h5,8-10,15-16,19,29H,2-4,6-7,11-14,17H2,1H3,(H,25,26). The number of guanidine groups is 1. The first-order valence-electron chi connectivity index (χ1n) is 11.4. The van der Waals surface area contributed by atoms with E-state index in [1.165, 1.54) is 50.2 Å². The van der Waals surface area contributed by atoms with Gasteiger partial charge in [-0.05, 0) is 42.5 Å². The molecule has 1 saturated heterocycles. The molecule has 1 aliphatic carbocycles. The van der Waals surface area contributed by atoms with Crippen molar-refractivity contribution in [2.45, 2.75) is 44.7 Å². The predicted molar refractivity (Wildman–Crippen MR) is 129 cm³/mol. The molecule has 2 heterocycles. The molecule has 8 heteroatoms. The molecule has 0 amide bonds. The third-order valence-corrected chi connectivity index (χ3v) is 7.19. The first-order valence-corrected chi connectivity index (χ1v) is 12.3. The number of nitrogens with one attached hydrogen (secondary N) is 1. The fraction of sp³-hybridized carbons (Fsp3) is 0.500. The van der Waals surface area contributed by atoms with Gasteiger partial charge < -0.3 is 20.1 Å². The minimum absolute atomic E-state index is 0.0716. The van der Waals surface area contributed by atoms with Crippen LogP contribution in [-0.2, 0) is 11.3 Å². The van der Waals surface area contributed by atoms with Gasteiger partial charge in [0.2, 0.25) is 0 Å². The number of benzene rings is 1. The number of phenols is 1. The van der Waals surface area contributed by atoms with E-state index in [-0.39, 0.29) is 5.75 Å². The van der Waals surface area contributed by atoms with Crippen LogP contribution in [0.1, 0.15) is 47.3 Å². The van der Waals surface area contributed by atoms with E-state index in [2.05, 4.69) is 21.2 Å². The third-order valence-electron chi connectivity index (χ3n) is 6.33. The van der Waals surface area contributed by atoms with Crippen molar-refractivity contribution in [3.63, 3.8) is 0 Å². The predicted octanol–water partition coefficient (Wildman–Crippen LogP) is 4.16. The van der Waals surface area contributed by atoms with Crippen LogP contribution in [0.5, 0.6) is 5.75 Å². The number of thiophene rings is 1. The van der Waals surface area contributed by atoms with Crippen molar-refractivity contribution in [2.75, 3.05) is 38.6 Å². The van der Waals surface area contributed by atoms with Crippen LogP contribution in [0.15, 0.2) is 40.7 Å². The largest absolute Gasteiger partial charge is 0.506 e. The Balaban J connectivity index is 1.50. The van der Waals surface area contributed by atoms with Crippen molar-refractivity contribution in [2.24, 2.45) is 4.99 Å². The van der Waals surface area contributed by atoms with E-state index in [1.54, 1.807) is 23.5 Å². The average Bonchev–Trinajstić information content (AvgIpc) is 3.37. The summed E-state index contributed by atoms with van der Waals surface area (Å²) in [5.74, 6) is 0.354. The van der Waals surface area contributed by atoms with Crippen LogP contribution in [0.3, 0.4) is 0 Å². The van der Waals surface area contributed by atoms with Crippen LogP contribution < -0.4 is 5.32 Å². The van der Waals surface area contributed by atoms with E-state index in [0.29, 0.717) is 23.8 Å². The molecular weight excluding hydrogens is 424 g/mol. The minimum Gasteiger partial charge on any atom is -0.506 e. The molecule has 7 nitrogen and oxygen atoms in total. The van der Waals surface area contributed by atoms with Crippen LogP contribution in [0.4, 0.5) is 5.69 Å². The fourth-order valence-electron chi connectivity index (χ4n) is 4.52. The van der Waals surface area contributed by atoms with Crippen LogP contribution in [-0.4, -0.2) is 66.2 Å². The van der Waals surface area contributed by atoms with Gasteiger partial charge in [0, 0.05) is 37.1 Å². The van der Waals surface area contributed by atoms with Gasteiger partial charge in [0.05, 0.1) is 24.9 Å². The Labute approximate surface area is 193 Å². The molecule has 1 aromatic heterocycles. The molecular formula is C24H32N4O3S. The molecule has 0 unspecified atom stereocenters. The zero-order valence-electron chi connectivity index (χ0n) is 18.6. The highest BCUT2D eigenvalue weighted by Gasteiger charge is 2.27. The topological polar surface area (TPSA) is 77.4 Å². The van der Waals surface area contributed by atoms with Gasteiger partial charge in [-0.25, -0.2) is 9.79 Å². The molecule has 4 rings (SSSR count). The molecule has 1 aromatic carbocycles. The quantitative estimate of drug-likeness (QED) is 0.305. The van der Waals surface area contributed by atoms with E-state index in [9.17, 15) is 9.90 Å². The van der Waals surface area contributed by atoms with Crippen LogP contribution in [0, 0.1) is 0 Å². The number of carbonyl (C=O) groups is 1. The maximum Gasteiger partial charge on any atom is 0.337 e. The second kappa shape index (κ2) is 10.8. The summed E-state index contributed by atoms with van der Waals surface area (Å²) < 4.78 is 4.83. The number of aromatic hydroxyl groups is 1. The zero-order chi connectivity index (χ0) is 22.3. The van der Waals surface area contributed by atoms with E-state index in [0.717, 1.165) is 32.1 Å². The summed E-state index contributed by atoms with van der Waals surface area (Å²) in [5.41, 5.74) is 0.833. The van der Waals surface area contributed by atoms with Gasteiger partial charge >= 0.3 is 5.97 Å². The molecule has 0 atom stereocenters. The number of aliphatic imine (C=N–C) groups is 1. The monoisotopic (exact) mass is 456 g/mol. The average molecular weight is 457 g/mol. The first kappa shape index (κ1) is 22.6. The minimum atomic E-state index is -0.439. The fourth-order valence-corrected chi connectivity index (χ4v) is 5.15. The molecule has 0 spiro atoms. The second-order valence-electron chi connectivity index (χ2n) is 8.38. The first-order chi connectivity index (χ1) is 15.6. The Hall–Kier alpha value is -2.58. The van der Waals surface area contributed by atoms with Crippen LogP contribution in [0.25, 0.3) is 0 Å². The Kier molecular flexibility index (Phi) is 7.65. The molecule has 172 valence electrons. The molecule has 2 aromatic rings. The normalized spacial score (nSPS) is 18.5. The van der Waals surface area contributed by atoms with Crippen molar-refractivity contribution < 1.29 is 14.6 Å². The Bertz CT molecular complexity index is 917. The van der Waals surface area contributed by atoms with Crippen molar-refractivity contribution in [3.8, 4) is 5.75 Å². The second-order valence-corrected chi connectivity index (χ2v) is 9.41.